The van der Waals surface area contributed by atoms with Gasteiger partial charge in [-0.1, -0.05) is 12.5 Å². The van der Waals surface area contributed by atoms with Crippen molar-refractivity contribution in [3.8, 4) is 0 Å². The summed E-state index contributed by atoms with van der Waals surface area (Å²) in [6.07, 6.45) is 4.79. The summed E-state index contributed by atoms with van der Waals surface area (Å²) in [5.74, 6) is 0.924. The van der Waals surface area contributed by atoms with Crippen LogP contribution >= 0.6 is 0 Å². The lowest BCUT2D eigenvalue weighted by atomic mass is 9.99. The van der Waals surface area contributed by atoms with Crippen LogP contribution in [0, 0.1) is 5.92 Å². The Hall–Kier alpha value is -0.590. The Labute approximate surface area is 62.1 Å². The lowest BCUT2D eigenvalue weighted by Gasteiger charge is -2.06. The average molecular weight is 138 g/mol. The van der Waals surface area contributed by atoms with Gasteiger partial charge in [-0.3, -0.25) is 4.79 Å². The Morgan fingerprint density at radius 2 is 2.30 bits per heavy atom. The lowest BCUT2D eigenvalue weighted by molar-refractivity contribution is -0.114. The predicted octanol–water partition coefficient (Wildman–Crippen LogP) is 2.32. The van der Waals surface area contributed by atoms with Crippen LogP contribution in [0.1, 0.15) is 33.1 Å². The van der Waals surface area contributed by atoms with Crippen molar-refractivity contribution >= 4 is 5.78 Å². The fourth-order valence-corrected chi connectivity index (χ4v) is 1.28. The molecule has 0 fully saturated rings. The van der Waals surface area contributed by atoms with Crippen LogP contribution in [0.3, 0.4) is 0 Å². The molecule has 0 aromatic rings. The van der Waals surface area contributed by atoms with Crippen molar-refractivity contribution in [2.24, 2.45) is 5.92 Å². The van der Waals surface area contributed by atoms with Crippen LogP contribution in [0.15, 0.2) is 11.6 Å². The maximum atomic E-state index is 11.0. The molecule has 0 N–H and O–H groups in total. The number of ketones is 1. The van der Waals surface area contributed by atoms with Gasteiger partial charge in [0.2, 0.25) is 0 Å². The third-order valence-corrected chi connectivity index (χ3v) is 2.23. The van der Waals surface area contributed by atoms with Crippen molar-refractivity contribution in [1.82, 2.24) is 0 Å². The van der Waals surface area contributed by atoms with Gasteiger partial charge < -0.3 is 0 Å². The van der Waals surface area contributed by atoms with E-state index in [1.54, 1.807) is 6.08 Å². The van der Waals surface area contributed by atoms with E-state index in [9.17, 15) is 4.79 Å². The molecule has 1 aliphatic rings. The number of carbonyl (C=O) groups is 1. The Bertz CT molecular complexity index is 168. The van der Waals surface area contributed by atoms with Crippen LogP contribution in [0.2, 0.25) is 0 Å². The summed E-state index contributed by atoms with van der Waals surface area (Å²) in [6.45, 7) is 4.23. The zero-order chi connectivity index (χ0) is 7.56. The van der Waals surface area contributed by atoms with E-state index in [-0.39, 0.29) is 0 Å². The number of allylic oxidation sites excluding steroid dienone is 2. The Balaban J connectivity index is 2.70. The summed E-state index contributed by atoms with van der Waals surface area (Å²) >= 11 is 0. The maximum absolute atomic E-state index is 11.0. The fraction of sp³-hybridized carbons (Fsp3) is 0.667. The number of hydrogen-bond acceptors (Lipinski definition) is 1. The van der Waals surface area contributed by atoms with Gasteiger partial charge in [-0.25, -0.2) is 0 Å². The highest BCUT2D eigenvalue weighted by atomic mass is 16.1. The first-order valence-electron chi connectivity index (χ1n) is 3.91. The van der Waals surface area contributed by atoms with Crippen molar-refractivity contribution in [2.75, 3.05) is 0 Å². The third kappa shape index (κ3) is 1.69. The van der Waals surface area contributed by atoms with E-state index in [4.69, 9.17) is 0 Å². The smallest absolute Gasteiger partial charge is 0.155 e. The van der Waals surface area contributed by atoms with Gasteiger partial charge in [0.15, 0.2) is 5.78 Å². The topological polar surface area (TPSA) is 17.1 Å². The van der Waals surface area contributed by atoms with Crippen LogP contribution in [0.25, 0.3) is 0 Å². The van der Waals surface area contributed by atoms with E-state index in [2.05, 4.69) is 6.92 Å². The van der Waals surface area contributed by atoms with Gasteiger partial charge in [-0.05, 0) is 31.8 Å². The molecule has 1 atom stereocenters. The first-order chi connectivity index (χ1) is 4.70. The van der Waals surface area contributed by atoms with Gasteiger partial charge in [0, 0.05) is 6.42 Å². The molecule has 1 aliphatic carbocycles. The molecule has 0 radical (unpaired) electrons. The summed E-state index contributed by atoms with van der Waals surface area (Å²) in [5, 5.41) is 0. The van der Waals surface area contributed by atoms with E-state index in [0.29, 0.717) is 11.7 Å². The molecule has 1 heteroatoms. The third-order valence-electron chi connectivity index (χ3n) is 2.23. The molecule has 0 saturated carbocycles. The quantitative estimate of drug-likeness (QED) is 0.502. The van der Waals surface area contributed by atoms with Gasteiger partial charge in [0.05, 0.1) is 0 Å². The van der Waals surface area contributed by atoms with Crippen molar-refractivity contribution in [3.05, 3.63) is 11.6 Å². The van der Waals surface area contributed by atoms with Crippen LogP contribution in [0.5, 0.6) is 0 Å². The SMILES string of the molecule is CC1=CC(=O)CCCC1C. The maximum Gasteiger partial charge on any atom is 0.155 e. The first-order valence-corrected chi connectivity index (χ1v) is 3.91. The van der Waals surface area contributed by atoms with Gasteiger partial charge in [0.1, 0.15) is 0 Å². The molecule has 0 saturated heterocycles. The summed E-state index contributed by atoms with van der Waals surface area (Å²) in [6, 6.07) is 0. The second kappa shape index (κ2) is 3.00. The average Bonchev–Trinajstić information content (AvgIpc) is 1.96. The van der Waals surface area contributed by atoms with Crippen molar-refractivity contribution in [1.29, 1.82) is 0 Å². The summed E-state index contributed by atoms with van der Waals surface area (Å²) in [7, 11) is 0. The summed E-state index contributed by atoms with van der Waals surface area (Å²) < 4.78 is 0. The Morgan fingerprint density at radius 1 is 1.60 bits per heavy atom. The highest BCUT2D eigenvalue weighted by molar-refractivity contribution is 5.90. The van der Waals surface area contributed by atoms with Gasteiger partial charge >= 0.3 is 0 Å². The zero-order valence-corrected chi connectivity index (χ0v) is 6.68. The van der Waals surface area contributed by atoms with Gasteiger partial charge in [0.25, 0.3) is 0 Å². The lowest BCUT2D eigenvalue weighted by Crippen LogP contribution is -1.93. The minimum atomic E-state index is 0.307. The monoisotopic (exact) mass is 138 g/mol. The van der Waals surface area contributed by atoms with E-state index < -0.39 is 0 Å². The van der Waals surface area contributed by atoms with E-state index in [1.165, 1.54) is 12.0 Å². The molecular weight excluding hydrogens is 124 g/mol. The normalized spacial score (nSPS) is 27.6. The van der Waals surface area contributed by atoms with Crippen LogP contribution in [-0.2, 0) is 4.79 Å². The minimum absolute atomic E-state index is 0.307. The number of rotatable bonds is 0. The summed E-state index contributed by atoms with van der Waals surface area (Å²) in [5.41, 5.74) is 1.25. The van der Waals surface area contributed by atoms with Crippen molar-refractivity contribution in [2.45, 2.75) is 33.1 Å². The van der Waals surface area contributed by atoms with Crippen LogP contribution < -0.4 is 0 Å². The molecule has 1 unspecified atom stereocenters. The molecule has 1 rings (SSSR count). The molecule has 0 aliphatic heterocycles. The van der Waals surface area contributed by atoms with Crippen LogP contribution in [-0.4, -0.2) is 5.78 Å². The minimum Gasteiger partial charge on any atom is -0.295 e. The second-order valence-corrected chi connectivity index (χ2v) is 3.15. The highest BCUT2D eigenvalue weighted by Crippen LogP contribution is 2.20. The molecule has 0 aromatic heterocycles. The van der Waals surface area contributed by atoms with Crippen molar-refractivity contribution in [3.63, 3.8) is 0 Å². The highest BCUT2D eigenvalue weighted by Gasteiger charge is 2.11. The molecule has 10 heavy (non-hydrogen) atoms. The van der Waals surface area contributed by atoms with E-state index in [1.807, 2.05) is 6.92 Å². The standard InChI is InChI=1S/C9H14O/c1-7-4-3-5-9(10)6-8(7)2/h6-7H,3-5H2,1-2H3. The largest absolute Gasteiger partial charge is 0.295 e. The van der Waals surface area contributed by atoms with E-state index >= 15 is 0 Å². The molecular formula is C9H14O. The predicted molar refractivity (Wildman–Crippen MR) is 41.8 cm³/mol. The van der Waals surface area contributed by atoms with Gasteiger partial charge in [-0.2, -0.15) is 0 Å². The Kier molecular flexibility index (Phi) is 2.25. The number of hydrogen-bond donors (Lipinski definition) is 0. The number of carbonyl (C=O) groups excluding carboxylic acids is 1. The Morgan fingerprint density at radius 3 is 3.00 bits per heavy atom. The molecule has 0 aromatic carbocycles. The van der Waals surface area contributed by atoms with Crippen molar-refractivity contribution < 1.29 is 4.79 Å². The second-order valence-electron chi connectivity index (χ2n) is 3.15. The fourth-order valence-electron chi connectivity index (χ4n) is 1.28. The zero-order valence-electron chi connectivity index (χ0n) is 6.68. The molecule has 56 valence electrons. The van der Waals surface area contributed by atoms with E-state index in [0.717, 1.165) is 12.8 Å². The molecule has 0 amide bonds. The molecule has 0 heterocycles. The van der Waals surface area contributed by atoms with Gasteiger partial charge in [-0.15, -0.1) is 0 Å². The first kappa shape index (κ1) is 7.52. The molecule has 1 nitrogen and oxygen atoms in total. The summed E-state index contributed by atoms with van der Waals surface area (Å²) in [4.78, 5) is 11.0. The van der Waals surface area contributed by atoms with Crippen LogP contribution in [0.4, 0.5) is 0 Å². The molecule has 0 bridgehead atoms. The molecule has 0 spiro atoms.